The molecule has 132 valence electrons. The van der Waals surface area contributed by atoms with Gasteiger partial charge in [-0.2, -0.15) is 0 Å². The largest absolute Gasteiger partial charge is 0.480 e. The number of nitrogens with two attached hydrogens (primary N) is 1. The molecule has 4 atom stereocenters. The number of carbonyl (C=O) groups is 4. The molecule has 0 radical (unpaired) electrons. The zero-order valence-electron chi connectivity index (χ0n) is 13.9. The second-order valence-electron chi connectivity index (χ2n) is 5.49. The second-order valence-corrected chi connectivity index (χ2v) is 5.49. The van der Waals surface area contributed by atoms with E-state index in [1.54, 1.807) is 0 Å². The van der Waals surface area contributed by atoms with E-state index < -0.39 is 41.8 Å². The second kappa shape index (κ2) is 9.78. The lowest BCUT2D eigenvalue weighted by molar-refractivity contribution is -0.141. The van der Waals surface area contributed by atoms with Gasteiger partial charge in [0.15, 0.2) is 0 Å². The van der Waals surface area contributed by atoms with E-state index in [2.05, 4.69) is 16.0 Å². The highest BCUT2D eigenvalue weighted by atomic mass is 16.4. The Kier molecular flexibility index (Phi) is 8.86. The molecule has 9 nitrogen and oxygen atoms in total. The van der Waals surface area contributed by atoms with Crippen LogP contribution in [-0.4, -0.2) is 53.5 Å². The molecule has 0 saturated carbocycles. The molecule has 0 aromatic heterocycles. The monoisotopic (exact) mass is 330 g/mol. The molecule has 0 bridgehead atoms. The van der Waals surface area contributed by atoms with E-state index in [1.165, 1.54) is 13.8 Å². The first-order valence-corrected chi connectivity index (χ1v) is 7.45. The summed E-state index contributed by atoms with van der Waals surface area (Å²) in [5, 5.41) is 15.6. The number of nitrogens with one attached hydrogen (secondary N) is 3. The van der Waals surface area contributed by atoms with Gasteiger partial charge in [0.1, 0.15) is 12.1 Å². The molecule has 0 aliphatic heterocycles. The fourth-order valence-electron chi connectivity index (χ4n) is 1.56. The number of carboxylic acids is 1. The average molecular weight is 330 g/mol. The third-order valence-corrected chi connectivity index (χ3v) is 3.48. The van der Waals surface area contributed by atoms with Crippen molar-refractivity contribution in [2.75, 3.05) is 6.54 Å². The van der Waals surface area contributed by atoms with Gasteiger partial charge in [-0.3, -0.25) is 19.2 Å². The summed E-state index contributed by atoms with van der Waals surface area (Å²) in [5.41, 5.74) is 5.76. The highest BCUT2D eigenvalue weighted by molar-refractivity contribution is 5.92. The summed E-state index contributed by atoms with van der Waals surface area (Å²) in [7, 11) is 0. The van der Waals surface area contributed by atoms with Crippen LogP contribution < -0.4 is 21.7 Å². The Morgan fingerprint density at radius 1 is 1.00 bits per heavy atom. The third-order valence-electron chi connectivity index (χ3n) is 3.48. The van der Waals surface area contributed by atoms with Gasteiger partial charge in [-0.25, -0.2) is 0 Å². The number of carboxylic acid groups (broad SMARTS) is 1. The first kappa shape index (κ1) is 20.8. The minimum absolute atomic E-state index is 0.0199. The van der Waals surface area contributed by atoms with Crippen LogP contribution in [0.15, 0.2) is 0 Å². The summed E-state index contributed by atoms with van der Waals surface area (Å²) in [6, 6.07) is -2.62. The van der Waals surface area contributed by atoms with E-state index in [0.29, 0.717) is 0 Å². The predicted octanol–water partition coefficient (Wildman–Crippen LogP) is -1.43. The predicted molar refractivity (Wildman–Crippen MR) is 83.3 cm³/mol. The summed E-state index contributed by atoms with van der Waals surface area (Å²) < 4.78 is 0. The highest BCUT2D eigenvalue weighted by Gasteiger charge is 2.23. The first-order chi connectivity index (χ1) is 10.6. The summed E-state index contributed by atoms with van der Waals surface area (Å²) >= 11 is 0. The molecule has 6 N–H and O–H groups in total. The molecule has 0 saturated heterocycles. The van der Waals surface area contributed by atoms with Crippen LogP contribution in [0.4, 0.5) is 0 Å². The minimum atomic E-state index is -1.18. The molecule has 0 rings (SSSR count). The van der Waals surface area contributed by atoms with Crippen LogP contribution in [0.1, 0.15) is 34.1 Å². The minimum Gasteiger partial charge on any atom is -0.480 e. The van der Waals surface area contributed by atoms with E-state index in [-0.39, 0.29) is 12.5 Å². The Balaban J connectivity index is 4.28. The number of hydrogen-bond acceptors (Lipinski definition) is 5. The average Bonchev–Trinajstić information content (AvgIpc) is 2.50. The van der Waals surface area contributed by atoms with Crippen LogP contribution in [0, 0.1) is 5.92 Å². The number of aliphatic carboxylic acids is 1. The van der Waals surface area contributed by atoms with Gasteiger partial charge >= 0.3 is 5.97 Å². The molecule has 4 unspecified atom stereocenters. The van der Waals surface area contributed by atoms with Crippen LogP contribution in [-0.2, 0) is 19.2 Å². The number of amides is 3. The number of carbonyl (C=O) groups excluding carboxylic acids is 3. The van der Waals surface area contributed by atoms with Gasteiger partial charge < -0.3 is 26.8 Å². The van der Waals surface area contributed by atoms with Crippen molar-refractivity contribution in [1.29, 1.82) is 0 Å². The lowest BCUT2D eigenvalue weighted by atomic mass is 9.99. The molecule has 0 fully saturated rings. The van der Waals surface area contributed by atoms with E-state index in [9.17, 15) is 19.2 Å². The molecular formula is C14H26N4O5. The molecular weight excluding hydrogens is 304 g/mol. The van der Waals surface area contributed by atoms with Crippen molar-refractivity contribution in [3.8, 4) is 0 Å². The van der Waals surface area contributed by atoms with E-state index in [1.807, 2.05) is 13.8 Å². The quantitative estimate of drug-likeness (QED) is 0.350. The van der Waals surface area contributed by atoms with Gasteiger partial charge in [0.05, 0.1) is 12.6 Å². The normalized spacial score (nSPS) is 15.7. The molecule has 9 heteroatoms. The highest BCUT2D eigenvalue weighted by Crippen LogP contribution is 2.05. The van der Waals surface area contributed by atoms with Gasteiger partial charge in [-0.1, -0.05) is 20.3 Å². The van der Waals surface area contributed by atoms with Crippen LogP contribution in [0.2, 0.25) is 0 Å². The number of hydrogen-bond donors (Lipinski definition) is 5. The van der Waals surface area contributed by atoms with E-state index >= 15 is 0 Å². The van der Waals surface area contributed by atoms with Crippen LogP contribution in [0.25, 0.3) is 0 Å². The molecule has 3 amide bonds. The van der Waals surface area contributed by atoms with Crippen LogP contribution in [0.5, 0.6) is 0 Å². The molecule has 0 aromatic rings. The third kappa shape index (κ3) is 7.59. The lowest BCUT2D eigenvalue weighted by Crippen LogP contribution is -2.53. The van der Waals surface area contributed by atoms with E-state index in [4.69, 9.17) is 10.8 Å². The van der Waals surface area contributed by atoms with E-state index in [0.717, 1.165) is 6.42 Å². The van der Waals surface area contributed by atoms with Gasteiger partial charge in [0.25, 0.3) is 0 Å². The molecule has 0 heterocycles. The van der Waals surface area contributed by atoms with Gasteiger partial charge in [-0.05, 0) is 19.8 Å². The first-order valence-electron chi connectivity index (χ1n) is 7.45. The van der Waals surface area contributed by atoms with Gasteiger partial charge in [-0.15, -0.1) is 0 Å². The smallest absolute Gasteiger partial charge is 0.325 e. The Hall–Kier alpha value is -2.16. The maximum atomic E-state index is 11.9. The van der Waals surface area contributed by atoms with Crippen LogP contribution in [0.3, 0.4) is 0 Å². The molecule has 0 spiro atoms. The number of rotatable bonds is 9. The Morgan fingerprint density at radius 2 is 1.57 bits per heavy atom. The van der Waals surface area contributed by atoms with Gasteiger partial charge in [0, 0.05) is 0 Å². The Morgan fingerprint density at radius 3 is 2.04 bits per heavy atom. The SMILES string of the molecule is CCC(C)C(N)C(=O)NC(C)C(=O)NCC(=O)NC(C)C(=O)O. The van der Waals surface area contributed by atoms with Crippen molar-refractivity contribution in [3.63, 3.8) is 0 Å². The maximum absolute atomic E-state index is 11.9. The lowest BCUT2D eigenvalue weighted by Gasteiger charge is -2.20. The molecule has 0 aliphatic carbocycles. The summed E-state index contributed by atoms with van der Waals surface area (Å²) in [5.74, 6) is -2.83. The topological polar surface area (TPSA) is 151 Å². The Bertz CT molecular complexity index is 454. The fraction of sp³-hybridized carbons (Fsp3) is 0.714. The maximum Gasteiger partial charge on any atom is 0.325 e. The zero-order chi connectivity index (χ0) is 18.2. The fourth-order valence-corrected chi connectivity index (χ4v) is 1.56. The summed E-state index contributed by atoms with van der Waals surface area (Å²) in [6.07, 6.45) is 0.733. The van der Waals surface area contributed by atoms with Crippen molar-refractivity contribution in [2.24, 2.45) is 11.7 Å². The van der Waals surface area contributed by atoms with Gasteiger partial charge in [0.2, 0.25) is 17.7 Å². The molecule has 0 aromatic carbocycles. The standard InChI is InChI=1S/C14H26N4O5/c1-5-7(2)11(15)13(21)18-8(3)12(20)16-6-10(19)17-9(4)14(22)23/h7-9,11H,5-6,15H2,1-4H3,(H,16,20)(H,17,19)(H,18,21)(H,22,23). The molecule has 23 heavy (non-hydrogen) atoms. The van der Waals surface area contributed by atoms with Crippen molar-refractivity contribution in [3.05, 3.63) is 0 Å². The Labute approximate surface area is 135 Å². The van der Waals surface area contributed by atoms with Crippen molar-refractivity contribution >= 4 is 23.7 Å². The molecule has 0 aliphatic rings. The van der Waals surface area contributed by atoms with Crippen LogP contribution >= 0.6 is 0 Å². The summed E-state index contributed by atoms with van der Waals surface area (Å²) in [4.78, 5) is 45.7. The zero-order valence-corrected chi connectivity index (χ0v) is 13.9. The van der Waals surface area contributed by atoms with Crippen molar-refractivity contribution in [1.82, 2.24) is 16.0 Å². The van der Waals surface area contributed by atoms with Crippen molar-refractivity contribution < 1.29 is 24.3 Å². The van der Waals surface area contributed by atoms with Crippen molar-refractivity contribution in [2.45, 2.75) is 52.2 Å². The summed E-state index contributed by atoms with van der Waals surface area (Å²) in [6.45, 7) is 6.14.